The van der Waals surface area contributed by atoms with Gasteiger partial charge in [-0.15, -0.1) is 0 Å². The molecule has 0 aliphatic heterocycles. The number of carbonyl (C=O) groups is 3. The number of rotatable bonds is 5. The third-order valence-electron chi connectivity index (χ3n) is 5.53. The van der Waals surface area contributed by atoms with Gasteiger partial charge >= 0.3 is 0 Å². The topological polar surface area (TPSA) is 87.0 Å². The molecule has 5 nitrogen and oxygen atoms in total. The summed E-state index contributed by atoms with van der Waals surface area (Å²) in [5.74, 6) is -1.94. The molecule has 3 rings (SSSR count). The molecule has 1 saturated carbocycles. The van der Waals surface area contributed by atoms with Crippen molar-refractivity contribution in [1.29, 1.82) is 5.26 Å². The highest BCUT2D eigenvalue weighted by Crippen LogP contribution is 2.37. The lowest BCUT2D eigenvalue weighted by Gasteiger charge is -2.16. The summed E-state index contributed by atoms with van der Waals surface area (Å²) in [4.78, 5) is 38.0. The van der Waals surface area contributed by atoms with Gasteiger partial charge in [0, 0.05) is 25.3 Å². The van der Waals surface area contributed by atoms with Crippen LogP contribution in [0.15, 0.2) is 36.4 Å². The molecule has 2 aromatic carbocycles. The van der Waals surface area contributed by atoms with Crippen LogP contribution in [0.5, 0.6) is 0 Å². The van der Waals surface area contributed by atoms with E-state index in [2.05, 4.69) is 11.4 Å². The summed E-state index contributed by atoms with van der Waals surface area (Å²) >= 11 is 0. The minimum Gasteiger partial charge on any atom is -0.352 e. The third-order valence-corrected chi connectivity index (χ3v) is 5.53. The van der Waals surface area contributed by atoms with E-state index in [4.69, 9.17) is 5.26 Å². The molecule has 29 heavy (non-hydrogen) atoms. The van der Waals surface area contributed by atoms with E-state index in [0.29, 0.717) is 5.56 Å². The quantitative estimate of drug-likeness (QED) is 0.795. The fraction of sp³-hybridized carbons (Fsp3) is 0.333. The molecule has 2 aromatic rings. The van der Waals surface area contributed by atoms with E-state index in [0.717, 1.165) is 27.8 Å². The van der Waals surface area contributed by atoms with Crippen LogP contribution in [-0.2, 0) is 20.9 Å². The number of amides is 1. The Bertz CT molecular complexity index is 1010. The molecule has 1 N–H and O–H groups in total. The zero-order valence-corrected chi connectivity index (χ0v) is 16.9. The first kappa shape index (κ1) is 20.5. The minimum atomic E-state index is -0.771. The zero-order valence-electron chi connectivity index (χ0n) is 16.9. The SMILES string of the molecule is Cc1cc(C)c(C2C(=O)CC(CC(=O)NCc3ccccc3C#N)C2=O)c(C)c1. The molecule has 5 heteroatoms. The Kier molecular flexibility index (Phi) is 5.93. The van der Waals surface area contributed by atoms with Crippen molar-refractivity contribution in [3.63, 3.8) is 0 Å². The minimum absolute atomic E-state index is 0.0141. The first-order valence-corrected chi connectivity index (χ1v) is 9.70. The molecule has 148 valence electrons. The van der Waals surface area contributed by atoms with E-state index in [9.17, 15) is 14.4 Å². The van der Waals surface area contributed by atoms with E-state index in [1.165, 1.54) is 0 Å². The van der Waals surface area contributed by atoms with Crippen LogP contribution in [0.4, 0.5) is 0 Å². The van der Waals surface area contributed by atoms with Gasteiger partial charge in [0.25, 0.3) is 0 Å². The number of nitriles is 1. The van der Waals surface area contributed by atoms with Crippen LogP contribution in [0.2, 0.25) is 0 Å². The van der Waals surface area contributed by atoms with Gasteiger partial charge in [-0.1, -0.05) is 35.9 Å². The molecule has 1 amide bonds. The molecule has 1 fully saturated rings. The van der Waals surface area contributed by atoms with Gasteiger partial charge in [-0.3, -0.25) is 14.4 Å². The summed E-state index contributed by atoms with van der Waals surface area (Å²) in [7, 11) is 0. The predicted octanol–water partition coefficient (Wildman–Crippen LogP) is 3.43. The summed E-state index contributed by atoms with van der Waals surface area (Å²) in [6.07, 6.45) is 0.0816. The van der Waals surface area contributed by atoms with Gasteiger partial charge in [0.2, 0.25) is 5.91 Å². The van der Waals surface area contributed by atoms with Crippen LogP contribution in [0, 0.1) is 38.0 Å². The average Bonchev–Trinajstić information content (AvgIpc) is 2.93. The Hall–Kier alpha value is -3.26. The maximum atomic E-state index is 13.0. The molecule has 0 aromatic heterocycles. The third kappa shape index (κ3) is 4.27. The van der Waals surface area contributed by atoms with Crippen molar-refractivity contribution in [2.45, 2.75) is 46.1 Å². The molecule has 0 radical (unpaired) electrons. The second-order valence-electron chi connectivity index (χ2n) is 7.76. The lowest BCUT2D eigenvalue weighted by Crippen LogP contribution is -2.27. The van der Waals surface area contributed by atoms with E-state index >= 15 is 0 Å². The van der Waals surface area contributed by atoms with Crippen LogP contribution >= 0.6 is 0 Å². The van der Waals surface area contributed by atoms with Crippen molar-refractivity contribution in [1.82, 2.24) is 5.32 Å². The van der Waals surface area contributed by atoms with Gasteiger partial charge in [-0.2, -0.15) is 5.26 Å². The Balaban J connectivity index is 1.69. The van der Waals surface area contributed by atoms with Crippen molar-refractivity contribution in [3.05, 3.63) is 69.8 Å². The van der Waals surface area contributed by atoms with Crippen molar-refractivity contribution in [2.75, 3.05) is 0 Å². The highest BCUT2D eigenvalue weighted by Gasteiger charge is 2.43. The number of benzene rings is 2. The van der Waals surface area contributed by atoms with Gasteiger partial charge in [0.15, 0.2) is 5.78 Å². The van der Waals surface area contributed by atoms with Crippen LogP contribution < -0.4 is 5.32 Å². The second kappa shape index (κ2) is 8.40. The van der Waals surface area contributed by atoms with E-state index in [1.807, 2.05) is 32.9 Å². The number of aryl methyl sites for hydroxylation is 3. The lowest BCUT2D eigenvalue weighted by atomic mass is 9.86. The number of Topliss-reactive ketones (excluding diaryl/α,β-unsaturated/α-hetero) is 2. The van der Waals surface area contributed by atoms with Crippen LogP contribution in [0.25, 0.3) is 0 Å². The Morgan fingerprint density at radius 2 is 1.79 bits per heavy atom. The maximum Gasteiger partial charge on any atom is 0.221 e. The van der Waals surface area contributed by atoms with Gasteiger partial charge in [0.1, 0.15) is 11.7 Å². The molecule has 0 saturated heterocycles. The summed E-state index contributed by atoms with van der Waals surface area (Å²) in [6, 6.07) is 13.1. The lowest BCUT2D eigenvalue weighted by molar-refractivity contribution is -0.128. The molecule has 2 atom stereocenters. The summed E-state index contributed by atoms with van der Waals surface area (Å²) in [5, 5.41) is 11.9. The van der Waals surface area contributed by atoms with Gasteiger partial charge in [-0.05, 0) is 49.1 Å². The van der Waals surface area contributed by atoms with Crippen molar-refractivity contribution >= 4 is 17.5 Å². The first-order valence-electron chi connectivity index (χ1n) is 9.70. The fourth-order valence-electron chi connectivity index (χ4n) is 4.25. The summed E-state index contributed by atoms with van der Waals surface area (Å²) in [6.45, 7) is 6.04. The monoisotopic (exact) mass is 388 g/mol. The van der Waals surface area contributed by atoms with E-state index < -0.39 is 11.8 Å². The van der Waals surface area contributed by atoms with Crippen molar-refractivity contribution < 1.29 is 14.4 Å². The van der Waals surface area contributed by atoms with Gasteiger partial charge in [-0.25, -0.2) is 0 Å². The normalized spacial score (nSPS) is 18.6. The smallest absolute Gasteiger partial charge is 0.221 e. The molecule has 2 unspecified atom stereocenters. The van der Waals surface area contributed by atoms with Crippen molar-refractivity contribution in [2.24, 2.45) is 5.92 Å². The molecule has 1 aliphatic carbocycles. The number of hydrogen-bond acceptors (Lipinski definition) is 4. The van der Waals surface area contributed by atoms with Crippen LogP contribution in [0.3, 0.4) is 0 Å². The first-order chi connectivity index (χ1) is 13.8. The van der Waals surface area contributed by atoms with Crippen LogP contribution in [0.1, 0.15) is 52.1 Å². The number of carbonyl (C=O) groups excluding carboxylic acids is 3. The summed E-state index contributed by atoms with van der Waals surface area (Å²) in [5.41, 5.74) is 4.98. The van der Waals surface area contributed by atoms with E-state index in [1.54, 1.807) is 24.3 Å². The highest BCUT2D eigenvalue weighted by atomic mass is 16.2. The van der Waals surface area contributed by atoms with Crippen LogP contribution in [-0.4, -0.2) is 17.5 Å². The maximum absolute atomic E-state index is 13.0. The number of nitrogens with one attached hydrogen (secondary N) is 1. The number of hydrogen-bond donors (Lipinski definition) is 1. The Morgan fingerprint density at radius 3 is 2.45 bits per heavy atom. The fourth-order valence-corrected chi connectivity index (χ4v) is 4.25. The predicted molar refractivity (Wildman–Crippen MR) is 109 cm³/mol. The molecular weight excluding hydrogens is 364 g/mol. The molecule has 1 aliphatic rings. The Morgan fingerprint density at radius 1 is 1.14 bits per heavy atom. The number of nitrogens with zero attached hydrogens (tertiary/aromatic N) is 1. The second-order valence-corrected chi connectivity index (χ2v) is 7.76. The van der Waals surface area contributed by atoms with Crippen molar-refractivity contribution in [3.8, 4) is 6.07 Å². The molecular formula is C24H24N2O3. The zero-order chi connectivity index (χ0) is 21.1. The van der Waals surface area contributed by atoms with E-state index in [-0.39, 0.29) is 36.9 Å². The van der Waals surface area contributed by atoms with Gasteiger partial charge < -0.3 is 5.32 Å². The molecule has 0 heterocycles. The largest absolute Gasteiger partial charge is 0.352 e. The number of ketones is 2. The molecule has 0 bridgehead atoms. The average molecular weight is 388 g/mol. The van der Waals surface area contributed by atoms with Gasteiger partial charge in [0.05, 0.1) is 11.6 Å². The molecule has 0 spiro atoms. The summed E-state index contributed by atoms with van der Waals surface area (Å²) < 4.78 is 0. The Labute approximate surface area is 170 Å². The standard InChI is InChI=1S/C24H24N2O3/c1-14-8-15(2)22(16(3)9-14)23-20(27)10-19(24(23)29)11-21(28)26-13-18-7-5-4-6-17(18)12-25/h4-9,19,23H,10-11,13H2,1-3H3,(H,26,28). The highest BCUT2D eigenvalue weighted by molar-refractivity contribution is 6.15.